The Labute approximate surface area is 118 Å². The van der Waals surface area contributed by atoms with Gasteiger partial charge in [-0.15, -0.1) is 0 Å². The number of hydrazine groups is 1. The third kappa shape index (κ3) is 4.35. The number of halogens is 1. The van der Waals surface area contributed by atoms with Crippen molar-refractivity contribution in [3.63, 3.8) is 0 Å². The zero-order chi connectivity index (χ0) is 13.7. The third-order valence-corrected chi connectivity index (χ3v) is 3.81. The van der Waals surface area contributed by atoms with Gasteiger partial charge in [-0.25, -0.2) is 4.39 Å². The first-order valence-electron chi connectivity index (χ1n) is 6.73. The van der Waals surface area contributed by atoms with Gasteiger partial charge >= 0.3 is 0 Å². The Bertz CT molecular complexity index is 421. The summed E-state index contributed by atoms with van der Waals surface area (Å²) in [5.74, 6) is 0.404. The van der Waals surface area contributed by atoms with Gasteiger partial charge in [-0.1, -0.05) is 19.8 Å². The molecule has 1 aromatic rings. The Kier molecular flexibility index (Phi) is 4.96. The monoisotopic (exact) mass is 281 g/mol. The van der Waals surface area contributed by atoms with Gasteiger partial charge in [0.25, 0.3) is 0 Å². The Morgan fingerprint density at radius 3 is 2.58 bits per heavy atom. The van der Waals surface area contributed by atoms with E-state index in [1.165, 1.54) is 37.8 Å². The van der Waals surface area contributed by atoms with E-state index in [0.717, 1.165) is 5.69 Å². The molecule has 2 rings (SSSR count). The summed E-state index contributed by atoms with van der Waals surface area (Å²) in [6, 6.07) is 6.58. The van der Waals surface area contributed by atoms with E-state index in [1.54, 1.807) is 12.1 Å². The van der Waals surface area contributed by atoms with Gasteiger partial charge in [0.1, 0.15) is 5.82 Å². The molecule has 1 aliphatic carbocycles. The molecule has 104 valence electrons. The maximum atomic E-state index is 12.8. The predicted octanol–water partition coefficient (Wildman–Crippen LogP) is 3.20. The van der Waals surface area contributed by atoms with Crippen molar-refractivity contribution in [1.82, 2.24) is 10.7 Å². The first-order chi connectivity index (χ1) is 9.15. The lowest BCUT2D eigenvalue weighted by molar-refractivity contribution is 0.308. The summed E-state index contributed by atoms with van der Waals surface area (Å²) >= 11 is 5.25. The first-order valence-corrected chi connectivity index (χ1v) is 7.14. The van der Waals surface area contributed by atoms with E-state index in [-0.39, 0.29) is 5.82 Å². The molecule has 0 saturated heterocycles. The lowest BCUT2D eigenvalue weighted by Crippen LogP contribution is -2.47. The van der Waals surface area contributed by atoms with Crippen LogP contribution in [0.3, 0.4) is 0 Å². The zero-order valence-electron chi connectivity index (χ0n) is 11.1. The molecule has 0 aliphatic heterocycles. The molecule has 1 aliphatic rings. The smallest absolute Gasteiger partial charge is 0.185 e. The summed E-state index contributed by atoms with van der Waals surface area (Å²) in [7, 11) is 0. The lowest BCUT2D eigenvalue weighted by atomic mass is 9.86. The molecule has 1 aromatic carbocycles. The molecule has 5 heteroatoms. The molecule has 3 N–H and O–H groups in total. The molecule has 1 saturated carbocycles. The highest BCUT2D eigenvalue weighted by Gasteiger charge is 2.21. The van der Waals surface area contributed by atoms with Crippen molar-refractivity contribution in [3.05, 3.63) is 30.1 Å². The van der Waals surface area contributed by atoms with E-state index in [1.807, 2.05) is 0 Å². The van der Waals surface area contributed by atoms with Crippen molar-refractivity contribution in [3.8, 4) is 0 Å². The third-order valence-electron chi connectivity index (χ3n) is 3.59. The molecule has 0 spiro atoms. The minimum Gasteiger partial charge on any atom is -0.358 e. The van der Waals surface area contributed by atoms with E-state index in [4.69, 9.17) is 12.2 Å². The van der Waals surface area contributed by atoms with Gasteiger partial charge in [0.15, 0.2) is 5.11 Å². The van der Waals surface area contributed by atoms with Crippen molar-refractivity contribution < 1.29 is 4.39 Å². The second kappa shape index (κ2) is 6.70. The number of anilines is 1. The van der Waals surface area contributed by atoms with E-state index in [2.05, 4.69) is 23.1 Å². The van der Waals surface area contributed by atoms with Crippen LogP contribution in [0.4, 0.5) is 10.1 Å². The number of hydrogen-bond acceptors (Lipinski definition) is 2. The highest BCUT2D eigenvalue weighted by atomic mass is 32.1. The molecule has 0 heterocycles. The number of thiocarbonyl (C=S) groups is 1. The Balaban J connectivity index is 1.76. The van der Waals surface area contributed by atoms with Crippen LogP contribution in [0.2, 0.25) is 0 Å². The quantitative estimate of drug-likeness (QED) is 0.587. The summed E-state index contributed by atoms with van der Waals surface area (Å²) in [6.45, 7) is 2.26. The second-order valence-corrected chi connectivity index (χ2v) is 5.51. The summed E-state index contributed by atoms with van der Waals surface area (Å²) in [5.41, 5.74) is 6.67. The summed E-state index contributed by atoms with van der Waals surface area (Å²) < 4.78 is 12.8. The maximum Gasteiger partial charge on any atom is 0.185 e. The Morgan fingerprint density at radius 2 is 1.89 bits per heavy atom. The van der Waals surface area contributed by atoms with Crippen LogP contribution in [-0.2, 0) is 0 Å². The molecular formula is C14H20FN3S. The molecule has 0 radical (unpaired) electrons. The standard InChI is InChI=1S/C14H20FN3S/c1-10-4-2-3-5-13(10)16-14(19)18-17-12-8-6-11(15)7-9-12/h6-10,13,17H,2-5H2,1H3,(H2,16,18,19)/t10-,13-/m1/s1. The molecule has 0 aromatic heterocycles. The van der Waals surface area contributed by atoms with Crippen LogP contribution in [0, 0.1) is 11.7 Å². The summed E-state index contributed by atoms with van der Waals surface area (Å²) in [5, 5.41) is 3.92. The number of rotatable bonds is 3. The highest BCUT2D eigenvalue weighted by Crippen LogP contribution is 2.23. The maximum absolute atomic E-state index is 12.8. The fourth-order valence-corrected chi connectivity index (χ4v) is 2.60. The van der Waals surface area contributed by atoms with Gasteiger partial charge in [0.05, 0.1) is 5.69 Å². The number of benzene rings is 1. The van der Waals surface area contributed by atoms with Gasteiger partial charge in [0, 0.05) is 6.04 Å². The van der Waals surface area contributed by atoms with Crippen molar-refractivity contribution in [2.45, 2.75) is 38.6 Å². The van der Waals surface area contributed by atoms with E-state index < -0.39 is 0 Å². The van der Waals surface area contributed by atoms with Crippen LogP contribution in [0.25, 0.3) is 0 Å². The highest BCUT2D eigenvalue weighted by molar-refractivity contribution is 7.80. The van der Waals surface area contributed by atoms with Gasteiger partial charge in [-0.3, -0.25) is 10.9 Å². The number of hydrogen-bond donors (Lipinski definition) is 3. The fraction of sp³-hybridized carbons (Fsp3) is 0.500. The van der Waals surface area contributed by atoms with Crippen LogP contribution in [-0.4, -0.2) is 11.2 Å². The number of nitrogens with one attached hydrogen (secondary N) is 3. The molecule has 3 nitrogen and oxygen atoms in total. The van der Waals surface area contributed by atoms with Gasteiger partial charge in [0.2, 0.25) is 0 Å². The fourth-order valence-electron chi connectivity index (χ4n) is 2.40. The average Bonchev–Trinajstić information content (AvgIpc) is 2.41. The molecule has 0 unspecified atom stereocenters. The zero-order valence-corrected chi connectivity index (χ0v) is 11.9. The van der Waals surface area contributed by atoms with Crippen molar-refractivity contribution in [1.29, 1.82) is 0 Å². The van der Waals surface area contributed by atoms with E-state index in [9.17, 15) is 4.39 Å². The van der Waals surface area contributed by atoms with Gasteiger partial charge in [-0.05, 0) is 55.2 Å². The summed E-state index contributed by atoms with van der Waals surface area (Å²) in [4.78, 5) is 0. The van der Waals surface area contributed by atoms with E-state index in [0.29, 0.717) is 17.1 Å². The Hall–Kier alpha value is -1.36. The second-order valence-electron chi connectivity index (χ2n) is 5.10. The van der Waals surface area contributed by atoms with Crippen molar-refractivity contribution in [2.75, 3.05) is 5.43 Å². The molecule has 19 heavy (non-hydrogen) atoms. The minimum absolute atomic E-state index is 0.248. The average molecular weight is 281 g/mol. The van der Waals surface area contributed by atoms with Crippen LogP contribution >= 0.6 is 12.2 Å². The predicted molar refractivity (Wildman–Crippen MR) is 80.3 cm³/mol. The van der Waals surface area contributed by atoms with Crippen LogP contribution in [0.15, 0.2) is 24.3 Å². The van der Waals surface area contributed by atoms with Crippen molar-refractivity contribution in [2.24, 2.45) is 5.92 Å². The molecule has 2 atom stereocenters. The molecular weight excluding hydrogens is 261 g/mol. The summed E-state index contributed by atoms with van der Waals surface area (Å²) in [6.07, 6.45) is 4.99. The normalized spacial score (nSPS) is 22.6. The SMILES string of the molecule is C[C@@H]1CCCC[C@H]1NC(=S)NNc1ccc(F)cc1. The van der Waals surface area contributed by atoms with Gasteiger partial charge in [-0.2, -0.15) is 0 Å². The topological polar surface area (TPSA) is 36.1 Å². The van der Waals surface area contributed by atoms with Crippen LogP contribution in [0.5, 0.6) is 0 Å². The minimum atomic E-state index is -0.248. The lowest BCUT2D eigenvalue weighted by Gasteiger charge is -2.30. The molecule has 0 bridgehead atoms. The van der Waals surface area contributed by atoms with Crippen LogP contribution < -0.4 is 16.2 Å². The Morgan fingerprint density at radius 1 is 1.21 bits per heavy atom. The van der Waals surface area contributed by atoms with E-state index >= 15 is 0 Å². The molecule has 1 fully saturated rings. The van der Waals surface area contributed by atoms with Crippen LogP contribution in [0.1, 0.15) is 32.6 Å². The van der Waals surface area contributed by atoms with Gasteiger partial charge < -0.3 is 5.32 Å². The van der Waals surface area contributed by atoms with Crippen molar-refractivity contribution >= 4 is 23.0 Å². The molecule has 0 amide bonds. The first kappa shape index (κ1) is 14.1. The largest absolute Gasteiger partial charge is 0.358 e.